The van der Waals surface area contributed by atoms with Gasteiger partial charge in [-0.2, -0.15) is 0 Å². The molecule has 6 atom stereocenters. The van der Waals surface area contributed by atoms with Crippen LogP contribution in [0, 0.1) is 0 Å². The monoisotopic (exact) mass is 1210 g/mol. The van der Waals surface area contributed by atoms with Gasteiger partial charge in [0.25, 0.3) is 5.91 Å². The van der Waals surface area contributed by atoms with E-state index in [4.69, 9.17) is 33.2 Å². The van der Waals surface area contributed by atoms with Gasteiger partial charge in [-0.05, 0) is 38.2 Å². The van der Waals surface area contributed by atoms with Crippen LogP contribution < -0.4 is 21.3 Å². The molecule has 2 aromatic rings. The van der Waals surface area contributed by atoms with Crippen molar-refractivity contribution in [2.45, 2.75) is 190 Å². The second-order valence-corrected chi connectivity index (χ2v) is 21.7. The van der Waals surface area contributed by atoms with E-state index in [1.807, 2.05) is 0 Å². The van der Waals surface area contributed by atoms with Gasteiger partial charge >= 0.3 is 17.9 Å². The van der Waals surface area contributed by atoms with E-state index < -0.39 is 156 Å². The molecule has 0 saturated carbocycles. The van der Waals surface area contributed by atoms with E-state index >= 15 is 0 Å². The fourth-order valence-corrected chi connectivity index (χ4v) is 10.8. The number of benzene rings is 2. The van der Waals surface area contributed by atoms with Gasteiger partial charge in [0.2, 0.25) is 23.3 Å². The molecule has 1 saturated heterocycles. The van der Waals surface area contributed by atoms with Crippen LogP contribution in [0.25, 0.3) is 0 Å². The lowest BCUT2D eigenvalue weighted by Crippen LogP contribution is -2.55. The number of unbranched alkanes of at least 4 members (excludes halogenated alkanes) is 10. The Balaban J connectivity index is 0.985. The van der Waals surface area contributed by atoms with Crippen LogP contribution in [0.5, 0.6) is 11.5 Å². The number of ketones is 3. The third kappa shape index (κ3) is 18.8. The van der Waals surface area contributed by atoms with Crippen molar-refractivity contribution in [2.24, 2.45) is 0 Å². The summed E-state index contributed by atoms with van der Waals surface area (Å²) < 4.78 is 37.4. The van der Waals surface area contributed by atoms with E-state index in [-0.39, 0.29) is 86.0 Å². The predicted molar refractivity (Wildman–Crippen MR) is 298 cm³/mol. The first kappa shape index (κ1) is 69.9. The summed E-state index contributed by atoms with van der Waals surface area (Å²) in [6.45, 7) is -0.857. The number of carbonyl (C=O) groups excluding carboxylic acids is 10. The highest BCUT2D eigenvalue weighted by molar-refractivity contribution is 6.31. The molecule has 27 heteroatoms. The molecule has 0 aromatic heterocycles. The Morgan fingerprint density at radius 3 is 1.74 bits per heavy atom. The van der Waals surface area contributed by atoms with E-state index in [0.717, 1.165) is 12.8 Å². The normalized spacial score (nSPS) is 19.7. The lowest BCUT2D eigenvalue weighted by atomic mass is 9.71. The standard InChI is InChI=1S/C59H82N4O23/c1-34-52(73)38(24-47(83-34)84-39-26-58(79,40(66)30-65)25-37-49(39)56(77)51-50(54(37)75)53(74)36-19-17-18-35(29-64)48(36)55(51)76)63-41(67)20-13-9-5-6-10-14-21-44(70)85-45(71)22-15-11-7-8-12-16-23-46(72)86-59(57(78)62-33-82-4,27-42(68)60-31-80-2)28-43(69)61-32-81-3/h17-19,34,38-39,47,52,64-65,73,75,77,79H,5-16,20-33H2,1-4H3,(H,60,68)(H,61,69)(H,62,78)(H,63,67)/t34?,38?,39-,47-,52?,58+/m0/s1. The number of carbonyl (C=O) groups is 10. The number of hydrogen-bond acceptors (Lipinski definition) is 23. The van der Waals surface area contributed by atoms with Crippen molar-refractivity contribution in [3.63, 3.8) is 0 Å². The zero-order valence-corrected chi connectivity index (χ0v) is 49.1. The van der Waals surface area contributed by atoms with Crippen molar-refractivity contribution in [3.05, 3.63) is 57.1 Å². The highest BCUT2D eigenvalue weighted by atomic mass is 16.7. The number of phenolic OH excluding ortho intramolecular Hbond substituents is 2. The van der Waals surface area contributed by atoms with E-state index in [2.05, 4.69) is 21.3 Å². The highest BCUT2D eigenvalue weighted by Crippen LogP contribution is 2.52. The Morgan fingerprint density at radius 1 is 0.674 bits per heavy atom. The minimum Gasteiger partial charge on any atom is -0.507 e. The van der Waals surface area contributed by atoms with Crippen molar-refractivity contribution in [2.75, 3.05) is 48.1 Å². The largest absolute Gasteiger partial charge is 0.507 e. The predicted octanol–water partition coefficient (Wildman–Crippen LogP) is 2.18. The van der Waals surface area contributed by atoms with Crippen molar-refractivity contribution < 1.29 is 112 Å². The minimum absolute atomic E-state index is 0.0458. The molecule has 27 nitrogen and oxygen atoms in total. The fourth-order valence-electron chi connectivity index (χ4n) is 10.8. The zero-order valence-electron chi connectivity index (χ0n) is 49.1. The van der Waals surface area contributed by atoms with Gasteiger partial charge in [0.1, 0.15) is 50.0 Å². The summed E-state index contributed by atoms with van der Waals surface area (Å²) in [6.07, 6.45) is -0.280. The number of aliphatic hydroxyl groups is 4. The molecule has 0 bridgehead atoms. The van der Waals surface area contributed by atoms with E-state index in [1.54, 1.807) is 0 Å². The molecule has 1 aliphatic heterocycles. The molecular formula is C59H82N4O23. The Labute approximate surface area is 497 Å². The number of phenols is 2. The maximum atomic E-state index is 14.0. The van der Waals surface area contributed by atoms with Gasteiger partial charge in [0.05, 0.1) is 48.8 Å². The van der Waals surface area contributed by atoms with Crippen LogP contribution in [0.2, 0.25) is 0 Å². The maximum absolute atomic E-state index is 14.0. The number of nitrogens with one attached hydrogen (secondary N) is 4. The summed E-state index contributed by atoms with van der Waals surface area (Å²) in [6, 6.07) is 3.27. The van der Waals surface area contributed by atoms with Crippen LogP contribution in [0.15, 0.2) is 18.2 Å². The Kier molecular flexibility index (Phi) is 27.6. The number of aromatic hydroxyl groups is 2. The SMILES string of the molecule is COCNC(=O)CC(CC(=O)NCOC)(OC(=O)CCCCCCCCC(=O)OC(=O)CCCCCCCCC(=O)NC1C[C@H](O[C@H]2C[C@@](O)(C(=O)CO)Cc3c(O)c4c(c(O)c32)C(=O)c2c(CO)cccc2C4=O)OC(C)C1O)C(=O)NCOC. The lowest BCUT2D eigenvalue weighted by Gasteiger charge is -2.43. The molecule has 10 N–H and O–H groups in total. The molecule has 5 rings (SSSR count). The zero-order chi connectivity index (χ0) is 63.1. The first-order valence-corrected chi connectivity index (χ1v) is 28.9. The second kappa shape index (κ2) is 33.9. The average Bonchev–Trinajstić information content (AvgIpc) is 0.733. The highest BCUT2D eigenvalue weighted by Gasteiger charge is 2.51. The summed E-state index contributed by atoms with van der Waals surface area (Å²) >= 11 is 0. The molecule has 3 aliphatic rings. The summed E-state index contributed by atoms with van der Waals surface area (Å²) in [7, 11) is 4.00. The topological polar surface area (TPSA) is 405 Å². The number of rotatable bonds is 36. The number of aliphatic hydroxyl groups excluding tert-OH is 3. The summed E-state index contributed by atoms with van der Waals surface area (Å²) in [4.78, 5) is 130. The second-order valence-electron chi connectivity index (χ2n) is 21.7. The van der Waals surface area contributed by atoms with Crippen molar-refractivity contribution >= 4 is 58.9 Å². The molecule has 3 unspecified atom stereocenters. The minimum atomic E-state index is -2.38. The summed E-state index contributed by atoms with van der Waals surface area (Å²) in [5.74, 6) is -9.11. The fraction of sp³-hybridized carbons (Fsp3) is 0.627. The van der Waals surface area contributed by atoms with Crippen LogP contribution in [0.1, 0.15) is 190 Å². The van der Waals surface area contributed by atoms with Gasteiger partial charge in [-0.1, -0.05) is 69.6 Å². The van der Waals surface area contributed by atoms with Crippen LogP contribution >= 0.6 is 0 Å². The number of esters is 3. The quantitative estimate of drug-likeness (QED) is 0.0131. The summed E-state index contributed by atoms with van der Waals surface area (Å²) in [5, 5.41) is 76.0. The molecule has 1 fully saturated rings. The molecule has 476 valence electrons. The lowest BCUT2D eigenvalue weighted by molar-refractivity contribution is -0.249. The Bertz CT molecular complexity index is 2730. The Hall–Kier alpha value is -6.82. The smallest absolute Gasteiger partial charge is 0.313 e. The third-order valence-electron chi connectivity index (χ3n) is 15.3. The average molecular weight is 1220 g/mol. The van der Waals surface area contributed by atoms with Crippen molar-refractivity contribution in [1.82, 2.24) is 21.3 Å². The molecule has 0 spiro atoms. The number of methoxy groups -OCH3 is 3. The van der Waals surface area contributed by atoms with Gasteiger partial charge in [-0.15, -0.1) is 0 Å². The number of ether oxygens (including phenoxy) is 7. The van der Waals surface area contributed by atoms with E-state index in [0.29, 0.717) is 64.2 Å². The molecule has 86 heavy (non-hydrogen) atoms. The number of hydrogen-bond donors (Lipinski definition) is 10. The number of fused-ring (bicyclic) bond motifs is 3. The van der Waals surface area contributed by atoms with Crippen LogP contribution in [-0.2, 0) is 84.5 Å². The van der Waals surface area contributed by atoms with E-state index in [1.165, 1.54) is 46.5 Å². The summed E-state index contributed by atoms with van der Waals surface area (Å²) in [5.41, 5.74) is -6.45. The van der Waals surface area contributed by atoms with Crippen molar-refractivity contribution in [1.29, 1.82) is 0 Å². The number of Topliss-reactive ketones (excluding diaryl/α,β-unsaturated/α-hetero) is 1. The van der Waals surface area contributed by atoms with Gasteiger partial charge in [-0.3, -0.25) is 47.9 Å². The molecule has 4 amide bonds. The molecule has 2 aliphatic carbocycles. The first-order valence-electron chi connectivity index (χ1n) is 28.9. The van der Waals surface area contributed by atoms with Gasteiger partial charge in [-0.25, -0.2) is 0 Å². The maximum Gasteiger partial charge on any atom is 0.313 e. The van der Waals surface area contributed by atoms with Gasteiger partial charge < -0.3 is 85.1 Å². The van der Waals surface area contributed by atoms with Crippen LogP contribution in [-0.4, -0.2) is 173 Å². The van der Waals surface area contributed by atoms with E-state index in [9.17, 15) is 78.6 Å². The third-order valence-corrected chi connectivity index (χ3v) is 15.3. The van der Waals surface area contributed by atoms with Crippen LogP contribution in [0.3, 0.4) is 0 Å². The molecule has 2 aromatic carbocycles. The van der Waals surface area contributed by atoms with Gasteiger partial charge in [0, 0.05) is 88.5 Å². The van der Waals surface area contributed by atoms with Crippen LogP contribution in [0.4, 0.5) is 0 Å². The first-order chi connectivity index (χ1) is 41.1. The van der Waals surface area contributed by atoms with Gasteiger partial charge in [0.15, 0.2) is 23.6 Å². The van der Waals surface area contributed by atoms with Crippen molar-refractivity contribution in [3.8, 4) is 11.5 Å². The Morgan fingerprint density at radius 2 is 1.20 bits per heavy atom. The molecule has 1 heterocycles. The number of amides is 4. The molecular weight excluding hydrogens is 1130 g/mol. The molecule has 0 radical (unpaired) electrons.